The average molecular weight is 285 g/mol. The van der Waals surface area contributed by atoms with E-state index < -0.39 is 10.7 Å². The molecule has 0 unspecified atom stereocenters. The van der Waals surface area contributed by atoms with Gasteiger partial charge in [0, 0.05) is 30.8 Å². The maximum atomic E-state index is 13.7. The van der Waals surface area contributed by atoms with Gasteiger partial charge in [0.05, 0.1) is 16.6 Å². The molecule has 1 N–H and O–H groups in total. The van der Waals surface area contributed by atoms with Gasteiger partial charge in [-0.15, -0.1) is 0 Å². The van der Waals surface area contributed by atoms with Gasteiger partial charge < -0.3 is 5.32 Å². The number of nitrogens with one attached hydrogen (secondary N) is 1. The summed E-state index contributed by atoms with van der Waals surface area (Å²) in [6.07, 6.45) is 0. The van der Waals surface area contributed by atoms with Crippen LogP contribution >= 0.6 is 0 Å². The summed E-state index contributed by atoms with van der Waals surface area (Å²) < 4.78 is 13.7. The number of nitro groups is 1. The first-order chi connectivity index (χ1) is 10.1. The second-order valence-corrected chi connectivity index (χ2v) is 4.45. The molecule has 106 valence electrons. The van der Waals surface area contributed by atoms with E-state index in [4.69, 9.17) is 5.26 Å². The highest BCUT2D eigenvalue weighted by molar-refractivity contribution is 5.35. The van der Waals surface area contributed by atoms with E-state index in [1.54, 1.807) is 24.3 Å². The Hall–Kier alpha value is -2.78. The van der Waals surface area contributed by atoms with Crippen LogP contribution in [0.25, 0.3) is 0 Å². The molecule has 2 aromatic rings. The monoisotopic (exact) mass is 285 g/mol. The van der Waals surface area contributed by atoms with E-state index >= 15 is 0 Å². The van der Waals surface area contributed by atoms with Crippen LogP contribution in [0.2, 0.25) is 0 Å². The molecule has 0 saturated heterocycles. The summed E-state index contributed by atoms with van der Waals surface area (Å²) in [7, 11) is 0. The van der Waals surface area contributed by atoms with Crippen LogP contribution in [-0.2, 0) is 13.1 Å². The van der Waals surface area contributed by atoms with Crippen LogP contribution in [0.15, 0.2) is 42.5 Å². The van der Waals surface area contributed by atoms with Crippen molar-refractivity contribution in [2.75, 3.05) is 0 Å². The number of non-ortho nitro benzene ring substituents is 1. The molecule has 0 amide bonds. The Morgan fingerprint density at radius 1 is 1.24 bits per heavy atom. The highest BCUT2D eigenvalue weighted by Crippen LogP contribution is 2.13. The average Bonchev–Trinajstić information content (AvgIpc) is 2.49. The Bertz CT molecular complexity index is 710. The fourth-order valence-electron chi connectivity index (χ4n) is 1.88. The van der Waals surface area contributed by atoms with Gasteiger partial charge in [-0.1, -0.05) is 18.2 Å². The van der Waals surface area contributed by atoms with E-state index in [-0.39, 0.29) is 17.8 Å². The number of rotatable bonds is 5. The third kappa shape index (κ3) is 3.84. The highest BCUT2D eigenvalue weighted by Gasteiger charge is 2.06. The zero-order chi connectivity index (χ0) is 15.2. The Kier molecular flexibility index (Phi) is 4.59. The zero-order valence-electron chi connectivity index (χ0n) is 11.0. The summed E-state index contributed by atoms with van der Waals surface area (Å²) in [5.74, 6) is -0.444. The Morgan fingerprint density at radius 2 is 2.05 bits per heavy atom. The third-order valence-electron chi connectivity index (χ3n) is 2.95. The SMILES string of the molecule is N#Cc1ccc(CNCc2cccc([N+](=O)[O-])c2)c(F)c1. The van der Waals surface area contributed by atoms with Gasteiger partial charge in [0.15, 0.2) is 0 Å². The maximum absolute atomic E-state index is 13.7. The first kappa shape index (κ1) is 14.6. The first-order valence-electron chi connectivity index (χ1n) is 6.22. The number of nitriles is 1. The van der Waals surface area contributed by atoms with E-state index in [1.807, 2.05) is 6.07 Å². The molecule has 0 spiro atoms. The molecule has 0 aromatic heterocycles. The van der Waals surface area contributed by atoms with Gasteiger partial charge in [-0.2, -0.15) is 5.26 Å². The van der Waals surface area contributed by atoms with Crippen LogP contribution in [-0.4, -0.2) is 4.92 Å². The van der Waals surface area contributed by atoms with Crippen molar-refractivity contribution in [3.63, 3.8) is 0 Å². The molecule has 2 aromatic carbocycles. The summed E-state index contributed by atoms with van der Waals surface area (Å²) >= 11 is 0. The van der Waals surface area contributed by atoms with Crippen molar-refractivity contribution in [3.05, 3.63) is 75.1 Å². The van der Waals surface area contributed by atoms with Gasteiger partial charge >= 0.3 is 0 Å². The number of hydrogen-bond donors (Lipinski definition) is 1. The van der Waals surface area contributed by atoms with Crippen molar-refractivity contribution >= 4 is 5.69 Å². The van der Waals surface area contributed by atoms with Gasteiger partial charge in [-0.3, -0.25) is 10.1 Å². The molecule has 0 heterocycles. The standard InChI is InChI=1S/C15H12FN3O2/c16-15-7-11(8-17)4-5-13(15)10-18-9-12-2-1-3-14(6-12)19(20)21/h1-7,18H,9-10H2. The molecule has 0 bridgehead atoms. The predicted octanol–water partition coefficient (Wildman–Crippen LogP) is 2.90. The quantitative estimate of drug-likeness (QED) is 0.676. The second-order valence-electron chi connectivity index (χ2n) is 4.45. The van der Waals surface area contributed by atoms with Crippen LogP contribution in [0.1, 0.15) is 16.7 Å². The van der Waals surface area contributed by atoms with Gasteiger partial charge in [0.25, 0.3) is 5.69 Å². The van der Waals surface area contributed by atoms with Gasteiger partial charge in [0.2, 0.25) is 0 Å². The fourth-order valence-corrected chi connectivity index (χ4v) is 1.88. The van der Waals surface area contributed by atoms with Gasteiger partial charge in [0.1, 0.15) is 5.82 Å². The summed E-state index contributed by atoms with van der Waals surface area (Å²) in [5.41, 5.74) is 1.49. The number of halogens is 1. The molecule has 6 heteroatoms. The lowest BCUT2D eigenvalue weighted by Gasteiger charge is -2.06. The summed E-state index contributed by atoms with van der Waals surface area (Å²) in [5, 5.41) is 22.3. The first-order valence-corrected chi connectivity index (χ1v) is 6.22. The van der Waals surface area contributed by atoms with Crippen molar-refractivity contribution in [1.29, 1.82) is 5.26 Å². The topological polar surface area (TPSA) is 79.0 Å². The molecule has 0 fully saturated rings. The summed E-state index contributed by atoms with van der Waals surface area (Å²) in [6.45, 7) is 0.668. The normalized spacial score (nSPS) is 10.1. The summed E-state index contributed by atoms with van der Waals surface area (Å²) in [6, 6.07) is 12.4. The van der Waals surface area contributed by atoms with Crippen molar-refractivity contribution < 1.29 is 9.31 Å². The minimum absolute atomic E-state index is 0.0267. The van der Waals surface area contributed by atoms with Gasteiger partial charge in [-0.05, 0) is 17.7 Å². The minimum atomic E-state index is -0.455. The summed E-state index contributed by atoms with van der Waals surface area (Å²) in [4.78, 5) is 10.2. The lowest BCUT2D eigenvalue weighted by molar-refractivity contribution is -0.384. The molecule has 0 aliphatic heterocycles. The van der Waals surface area contributed by atoms with Crippen molar-refractivity contribution in [2.45, 2.75) is 13.1 Å². The van der Waals surface area contributed by atoms with E-state index in [1.165, 1.54) is 18.2 Å². The number of benzene rings is 2. The highest BCUT2D eigenvalue weighted by atomic mass is 19.1. The molecule has 0 saturated carbocycles. The largest absolute Gasteiger partial charge is 0.309 e. The molecule has 0 atom stereocenters. The molecular weight excluding hydrogens is 273 g/mol. The predicted molar refractivity (Wildman–Crippen MR) is 74.8 cm³/mol. The smallest absolute Gasteiger partial charge is 0.269 e. The Labute approximate surface area is 120 Å². The third-order valence-corrected chi connectivity index (χ3v) is 2.95. The van der Waals surface area contributed by atoms with E-state index in [0.29, 0.717) is 12.1 Å². The Balaban J connectivity index is 1.97. The van der Waals surface area contributed by atoms with Crippen molar-refractivity contribution in [3.8, 4) is 6.07 Å². The minimum Gasteiger partial charge on any atom is -0.309 e. The molecular formula is C15H12FN3O2. The molecule has 5 nitrogen and oxygen atoms in total. The van der Waals surface area contributed by atoms with Crippen LogP contribution in [0.4, 0.5) is 10.1 Å². The molecule has 2 rings (SSSR count). The molecule has 0 aliphatic rings. The maximum Gasteiger partial charge on any atom is 0.269 e. The Morgan fingerprint density at radius 3 is 2.71 bits per heavy atom. The molecule has 0 aliphatic carbocycles. The van der Waals surface area contributed by atoms with Crippen molar-refractivity contribution in [1.82, 2.24) is 5.32 Å². The lowest BCUT2D eigenvalue weighted by atomic mass is 10.1. The zero-order valence-corrected chi connectivity index (χ0v) is 11.0. The number of nitro benzene ring substituents is 1. The van der Waals surface area contributed by atoms with Crippen LogP contribution in [0.3, 0.4) is 0 Å². The molecule has 21 heavy (non-hydrogen) atoms. The fraction of sp³-hybridized carbons (Fsp3) is 0.133. The lowest BCUT2D eigenvalue weighted by Crippen LogP contribution is -2.13. The van der Waals surface area contributed by atoms with E-state index in [0.717, 1.165) is 5.56 Å². The van der Waals surface area contributed by atoms with Crippen LogP contribution < -0.4 is 5.32 Å². The van der Waals surface area contributed by atoms with E-state index in [9.17, 15) is 14.5 Å². The van der Waals surface area contributed by atoms with Gasteiger partial charge in [-0.25, -0.2) is 4.39 Å². The van der Waals surface area contributed by atoms with Crippen LogP contribution in [0, 0.1) is 27.3 Å². The molecule has 0 radical (unpaired) electrons. The number of nitrogens with zero attached hydrogens (tertiary/aromatic N) is 2. The number of hydrogen-bond acceptors (Lipinski definition) is 4. The van der Waals surface area contributed by atoms with Crippen molar-refractivity contribution in [2.24, 2.45) is 0 Å². The van der Waals surface area contributed by atoms with E-state index in [2.05, 4.69) is 5.32 Å². The second kappa shape index (κ2) is 6.59. The van der Waals surface area contributed by atoms with Crippen LogP contribution in [0.5, 0.6) is 0 Å².